The number of carboxylic acids is 1. The fourth-order valence-corrected chi connectivity index (χ4v) is 4.15. The smallest absolute Gasteiger partial charge is 0.328 e. The van der Waals surface area contributed by atoms with Crippen LogP contribution in [0, 0.1) is 6.92 Å². The SMILES string of the molecule is CCN1C(=O)CC(C)(C)c2cc(C)c(-c3cc(/C=C/C=C/C(=O)O)ccc3OC)cc21. The minimum atomic E-state index is -0.984. The summed E-state index contributed by atoms with van der Waals surface area (Å²) in [6.45, 7) is 8.94. The normalized spacial score (nSPS) is 15.5. The molecule has 1 heterocycles. The molecule has 2 aromatic rings. The van der Waals surface area contributed by atoms with E-state index in [2.05, 4.69) is 32.9 Å². The van der Waals surface area contributed by atoms with Gasteiger partial charge in [-0.1, -0.05) is 44.2 Å². The predicted octanol–water partition coefficient (Wildman–Crippen LogP) is 5.36. The van der Waals surface area contributed by atoms with Gasteiger partial charge in [-0.15, -0.1) is 0 Å². The molecule has 5 heteroatoms. The minimum Gasteiger partial charge on any atom is -0.496 e. The molecular weight excluding hydrogens is 390 g/mol. The van der Waals surface area contributed by atoms with E-state index in [0.29, 0.717) is 13.0 Å². The number of aliphatic carboxylic acids is 1. The van der Waals surface area contributed by atoms with Crippen LogP contribution in [0.2, 0.25) is 0 Å². The number of aryl methyl sites for hydroxylation is 1. The van der Waals surface area contributed by atoms with Crippen molar-refractivity contribution in [1.29, 1.82) is 0 Å². The van der Waals surface area contributed by atoms with Crippen molar-refractivity contribution in [3.63, 3.8) is 0 Å². The van der Waals surface area contributed by atoms with Crippen molar-refractivity contribution in [2.75, 3.05) is 18.6 Å². The second kappa shape index (κ2) is 8.80. The largest absolute Gasteiger partial charge is 0.496 e. The van der Waals surface area contributed by atoms with Crippen LogP contribution >= 0.6 is 0 Å². The van der Waals surface area contributed by atoms with E-state index in [0.717, 1.165) is 39.8 Å². The van der Waals surface area contributed by atoms with Crippen LogP contribution in [-0.2, 0) is 15.0 Å². The Morgan fingerprint density at radius 2 is 1.94 bits per heavy atom. The lowest BCUT2D eigenvalue weighted by atomic mass is 9.75. The Bertz CT molecular complexity index is 1080. The summed E-state index contributed by atoms with van der Waals surface area (Å²) in [5.41, 5.74) is 5.90. The highest BCUT2D eigenvalue weighted by Crippen LogP contribution is 2.44. The van der Waals surface area contributed by atoms with E-state index in [1.54, 1.807) is 13.2 Å². The number of carbonyl (C=O) groups is 2. The number of nitrogens with zero attached hydrogens (tertiary/aromatic N) is 1. The lowest BCUT2D eigenvalue weighted by Gasteiger charge is -2.39. The Morgan fingerprint density at radius 1 is 1.19 bits per heavy atom. The van der Waals surface area contributed by atoms with E-state index in [-0.39, 0.29) is 11.3 Å². The standard InChI is InChI=1S/C26H29NO4/c1-6-27-22-15-19(17(2)13-21(22)26(3,4)16-24(27)28)20-14-18(11-12-23(20)31-5)9-7-8-10-25(29)30/h7-15H,6,16H2,1-5H3,(H,29,30)/b9-7+,10-8+. The van der Waals surface area contributed by atoms with Gasteiger partial charge < -0.3 is 14.7 Å². The van der Waals surface area contributed by atoms with E-state index >= 15 is 0 Å². The van der Waals surface area contributed by atoms with Crippen LogP contribution < -0.4 is 9.64 Å². The first-order chi connectivity index (χ1) is 14.7. The van der Waals surface area contributed by atoms with Crippen molar-refractivity contribution in [3.8, 4) is 16.9 Å². The average Bonchev–Trinajstić information content (AvgIpc) is 2.71. The van der Waals surface area contributed by atoms with E-state index < -0.39 is 5.97 Å². The zero-order valence-corrected chi connectivity index (χ0v) is 18.7. The van der Waals surface area contributed by atoms with Gasteiger partial charge in [-0.2, -0.15) is 0 Å². The topological polar surface area (TPSA) is 66.8 Å². The van der Waals surface area contributed by atoms with Gasteiger partial charge in [-0.25, -0.2) is 4.79 Å². The Labute approximate surface area is 183 Å². The van der Waals surface area contributed by atoms with Crippen LogP contribution in [0.15, 0.2) is 48.6 Å². The quantitative estimate of drug-likeness (QED) is 0.506. The van der Waals surface area contributed by atoms with E-state index in [9.17, 15) is 9.59 Å². The van der Waals surface area contributed by atoms with Gasteiger partial charge in [0, 0.05) is 35.7 Å². The number of methoxy groups -OCH3 is 1. The van der Waals surface area contributed by atoms with Gasteiger partial charge in [-0.3, -0.25) is 4.79 Å². The molecule has 0 radical (unpaired) electrons. The Morgan fingerprint density at radius 3 is 2.58 bits per heavy atom. The van der Waals surface area contributed by atoms with Crippen LogP contribution in [0.3, 0.4) is 0 Å². The van der Waals surface area contributed by atoms with E-state index in [1.165, 1.54) is 11.6 Å². The molecule has 0 saturated carbocycles. The van der Waals surface area contributed by atoms with Crippen molar-refractivity contribution in [2.45, 2.75) is 39.5 Å². The minimum absolute atomic E-state index is 0.142. The summed E-state index contributed by atoms with van der Waals surface area (Å²) in [6, 6.07) is 10.1. The lowest BCUT2D eigenvalue weighted by molar-refractivity contribution is -0.131. The zero-order chi connectivity index (χ0) is 22.8. The number of rotatable bonds is 6. The fourth-order valence-electron chi connectivity index (χ4n) is 4.15. The highest BCUT2D eigenvalue weighted by molar-refractivity contribution is 5.99. The second-order valence-electron chi connectivity index (χ2n) is 8.40. The summed E-state index contributed by atoms with van der Waals surface area (Å²) in [7, 11) is 1.64. The van der Waals surface area contributed by atoms with Gasteiger partial charge in [-0.05, 0) is 54.3 Å². The van der Waals surface area contributed by atoms with Crippen molar-refractivity contribution < 1.29 is 19.4 Å². The summed E-state index contributed by atoms with van der Waals surface area (Å²) in [6.07, 6.45) is 6.62. The molecule has 0 atom stereocenters. The molecule has 0 saturated heterocycles. The highest BCUT2D eigenvalue weighted by Gasteiger charge is 2.36. The molecule has 0 bridgehead atoms. The van der Waals surface area contributed by atoms with Crippen LogP contribution in [-0.4, -0.2) is 30.6 Å². The number of ether oxygens (including phenoxy) is 1. The van der Waals surface area contributed by atoms with E-state index in [4.69, 9.17) is 9.84 Å². The van der Waals surface area contributed by atoms with Crippen molar-refractivity contribution >= 4 is 23.6 Å². The van der Waals surface area contributed by atoms with Crippen LogP contribution in [0.1, 0.15) is 43.9 Å². The molecule has 0 unspecified atom stereocenters. The van der Waals surface area contributed by atoms with Crippen molar-refractivity contribution in [1.82, 2.24) is 0 Å². The number of benzene rings is 2. The first-order valence-corrected chi connectivity index (χ1v) is 10.4. The molecule has 1 N–H and O–H groups in total. The first-order valence-electron chi connectivity index (χ1n) is 10.4. The number of carbonyl (C=O) groups excluding carboxylic acids is 1. The zero-order valence-electron chi connectivity index (χ0n) is 18.7. The molecule has 2 aromatic carbocycles. The molecule has 0 aromatic heterocycles. The molecular formula is C26H29NO4. The molecule has 162 valence electrons. The summed E-state index contributed by atoms with van der Waals surface area (Å²) in [5, 5.41) is 8.73. The number of hydrogen-bond acceptors (Lipinski definition) is 3. The number of hydrogen-bond donors (Lipinski definition) is 1. The lowest BCUT2D eigenvalue weighted by Crippen LogP contribution is -2.41. The maximum atomic E-state index is 12.8. The number of anilines is 1. The maximum Gasteiger partial charge on any atom is 0.328 e. The van der Waals surface area contributed by atoms with E-state index in [1.807, 2.05) is 36.1 Å². The molecule has 5 nitrogen and oxygen atoms in total. The molecule has 0 fully saturated rings. The number of allylic oxidation sites excluding steroid dienone is 2. The van der Waals surface area contributed by atoms with Crippen molar-refractivity contribution in [2.24, 2.45) is 0 Å². The summed E-state index contributed by atoms with van der Waals surface area (Å²) >= 11 is 0. The molecule has 0 spiro atoms. The fraction of sp³-hybridized carbons (Fsp3) is 0.308. The average molecular weight is 420 g/mol. The van der Waals surface area contributed by atoms with Crippen molar-refractivity contribution in [3.05, 3.63) is 65.3 Å². The van der Waals surface area contributed by atoms with Crippen LogP contribution in [0.25, 0.3) is 17.2 Å². The Balaban J connectivity index is 2.14. The molecule has 0 aliphatic carbocycles. The van der Waals surface area contributed by atoms with Crippen LogP contribution in [0.4, 0.5) is 5.69 Å². The first kappa shape index (κ1) is 22.3. The number of carboxylic acid groups (broad SMARTS) is 1. The predicted molar refractivity (Wildman–Crippen MR) is 125 cm³/mol. The summed E-state index contributed by atoms with van der Waals surface area (Å²) < 4.78 is 5.63. The Kier molecular flexibility index (Phi) is 6.34. The monoisotopic (exact) mass is 419 g/mol. The highest BCUT2D eigenvalue weighted by atomic mass is 16.5. The van der Waals surface area contributed by atoms with Gasteiger partial charge in [0.25, 0.3) is 0 Å². The van der Waals surface area contributed by atoms with Gasteiger partial charge in [0.1, 0.15) is 5.75 Å². The molecule has 1 aliphatic heterocycles. The molecule has 31 heavy (non-hydrogen) atoms. The van der Waals surface area contributed by atoms with Crippen LogP contribution in [0.5, 0.6) is 5.75 Å². The maximum absolute atomic E-state index is 12.8. The van der Waals surface area contributed by atoms with Gasteiger partial charge in [0.15, 0.2) is 0 Å². The summed E-state index contributed by atoms with van der Waals surface area (Å²) in [4.78, 5) is 25.3. The van der Waals surface area contributed by atoms with Gasteiger partial charge in [0.05, 0.1) is 7.11 Å². The summed E-state index contributed by atoms with van der Waals surface area (Å²) in [5.74, 6) is -0.0999. The third kappa shape index (κ3) is 4.55. The molecule has 1 amide bonds. The third-order valence-electron chi connectivity index (χ3n) is 5.73. The molecule has 1 aliphatic rings. The number of fused-ring (bicyclic) bond motifs is 1. The molecule has 3 rings (SSSR count). The van der Waals surface area contributed by atoms with Gasteiger partial charge >= 0.3 is 5.97 Å². The van der Waals surface area contributed by atoms with Gasteiger partial charge in [0.2, 0.25) is 5.91 Å². The number of amides is 1. The second-order valence-corrected chi connectivity index (χ2v) is 8.40. The third-order valence-corrected chi connectivity index (χ3v) is 5.73. The Hall–Kier alpha value is -3.34.